The van der Waals surface area contributed by atoms with Crippen molar-refractivity contribution < 1.29 is 14.3 Å². The normalized spacial score (nSPS) is 10.4. The van der Waals surface area contributed by atoms with Gasteiger partial charge in [0.25, 0.3) is 11.5 Å². The standard InChI is InChI=1S/C21H22N4O4/c1-28-18-8-3-7-16(20(18)29-2)21(27)23-12-5-13-25-19(26)10-9-17(24-25)15-6-4-11-22-14-15/h3-4,6-11,14H,5,12-13H2,1-2H3,(H,23,27). The summed E-state index contributed by atoms with van der Waals surface area (Å²) in [6.45, 7) is 0.757. The van der Waals surface area contributed by atoms with Crippen molar-refractivity contribution >= 4 is 5.91 Å². The molecule has 0 spiro atoms. The number of nitrogens with one attached hydrogen (secondary N) is 1. The van der Waals surface area contributed by atoms with E-state index in [0.29, 0.717) is 42.3 Å². The highest BCUT2D eigenvalue weighted by Gasteiger charge is 2.15. The second kappa shape index (κ2) is 9.50. The number of hydrogen-bond acceptors (Lipinski definition) is 6. The van der Waals surface area contributed by atoms with Gasteiger partial charge in [0.1, 0.15) is 0 Å². The number of pyridine rings is 1. The molecule has 0 aliphatic carbocycles. The van der Waals surface area contributed by atoms with Gasteiger partial charge in [-0.2, -0.15) is 5.10 Å². The molecular weight excluding hydrogens is 372 g/mol. The average Bonchev–Trinajstić information content (AvgIpc) is 2.77. The quantitative estimate of drug-likeness (QED) is 0.588. The minimum Gasteiger partial charge on any atom is -0.493 e. The van der Waals surface area contributed by atoms with Crippen molar-refractivity contribution in [3.8, 4) is 22.8 Å². The zero-order valence-corrected chi connectivity index (χ0v) is 16.3. The Hall–Kier alpha value is -3.68. The van der Waals surface area contributed by atoms with Crippen LogP contribution < -0.4 is 20.3 Å². The summed E-state index contributed by atoms with van der Waals surface area (Å²) in [5.41, 5.74) is 1.70. The van der Waals surface area contributed by atoms with Crippen molar-refractivity contribution in [3.05, 3.63) is 70.8 Å². The molecule has 0 fully saturated rings. The van der Waals surface area contributed by atoms with E-state index in [9.17, 15) is 9.59 Å². The lowest BCUT2D eigenvalue weighted by Crippen LogP contribution is -2.28. The number of ether oxygens (including phenoxy) is 2. The van der Waals surface area contributed by atoms with E-state index < -0.39 is 0 Å². The number of methoxy groups -OCH3 is 2. The van der Waals surface area contributed by atoms with Crippen LogP contribution in [0.3, 0.4) is 0 Å². The largest absolute Gasteiger partial charge is 0.493 e. The number of amides is 1. The van der Waals surface area contributed by atoms with E-state index in [4.69, 9.17) is 9.47 Å². The van der Waals surface area contributed by atoms with E-state index >= 15 is 0 Å². The summed E-state index contributed by atoms with van der Waals surface area (Å²) >= 11 is 0. The molecule has 1 amide bonds. The third kappa shape index (κ3) is 4.78. The highest BCUT2D eigenvalue weighted by molar-refractivity contribution is 5.97. The summed E-state index contributed by atoms with van der Waals surface area (Å²) in [7, 11) is 3.01. The first-order chi connectivity index (χ1) is 14.1. The molecule has 3 aromatic rings. The van der Waals surface area contributed by atoms with Gasteiger partial charge in [0.15, 0.2) is 11.5 Å². The van der Waals surface area contributed by atoms with Crippen LogP contribution in [-0.4, -0.2) is 41.4 Å². The fourth-order valence-corrected chi connectivity index (χ4v) is 2.87. The molecule has 0 bridgehead atoms. The third-order valence-corrected chi connectivity index (χ3v) is 4.30. The molecule has 0 saturated carbocycles. The first-order valence-corrected chi connectivity index (χ1v) is 9.12. The van der Waals surface area contributed by atoms with Gasteiger partial charge in [-0.1, -0.05) is 6.07 Å². The van der Waals surface area contributed by atoms with E-state index in [1.807, 2.05) is 12.1 Å². The molecule has 0 unspecified atom stereocenters. The summed E-state index contributed by atoms with van der Waals surface area (Å²) in [4.78, 5) is 28.6. The zero-order chi connectivity index (χ0) is 20.6. The van der Waals surface area contributed by atoms with Gasteiger partial charge in [-0.25, -0.2) is 4.68 Å². The number of nitrogens with zero attached hydrogens (tertiary/aromatic N) is 3. The Kier molecular flexibility index (Phi) is 6.57. The maximum Gasteiger partial charge on any atom is 0.266 e. The number of carbonyl (C=O) groups excluding carboxylic acids is 1. The van der Waals surface area contributed by atoms with E-state index in [2.05, 4.69) is 15.4 Å². The lowest BCUT2D eigenvalue weighted by atomic mass is 10.1. The molecule has 1 N–H and O–H groups in total. The van der Waals surface area contributed by atoms with Crippen molar-refractivity contribution in [2.75, 3.05) is 20.8 Å². The summed E-state index contributed by atoms with van der Waals surface area (Å²) in [5, 5.41) is 7.22. The van der Waals surface area contributed by atoms with Gasteiger partial charge in [0.2, 0.25) is 0 Å². The van der Waals surface area contributed by atoms with Gasteiger partial charge in [-0.3, -0.25) is 14.6 Å². The molecule has 150 valence electrons. The minimum absolute atomic E-state index is 0.196. The van der Waals surface area contributed by atoms with Crippen molar-refractivity contribution in [2.45, 2.75) is 13.0 Å². The molecule has 0 saturated heterocycles. The molecule has 0 aliphatic heterocycles. The number of hydrogen-bond donors (Lipinski definition) is 1. The monoisotopic (exact) mass is 394 g/mol. The minimum atomic E-state index is -0.273. The van der Waals surface area contributed by atoms with Crippen LogP contribution in [-0.2, 0) is 6.54 Å². The maximum atomic E-state index is 12.5. The van der Waals surface area contributed by atoms with Crippen LogP contribution in [0, 0.1) is 0 Å². The number of para-hydroxylation sites is 1. The molecule has 2 heterocycles. The Morgan fingerprint density at radius 2 is 1.97 bits per heavy atom. The molecular formula is C21H22N4O4. The van der Waals surface area contributed by atoms with E-state index in [1.54, 1.807) is 36.7 Å². The van der Waals surface area contributed by atoms with Crippen LogP contribution in [0.4, 0.5) is 0 Å². The summed E-state index contributed by atoms with van der Waals surface area (Å²) in [6, 6.07) is 12.0. The number of carbonyl (C=O) groups is 1. The van der Waals surface area contributed by atoms with Gasteiger partial charge in [-0.05, 0) is 36.8 Å². The molecule has 0 atom stereocenters. The maximum absolute atomic E-state index is 12.5. The molecule has 29 heavy (non-hydrogen) atoms. The lowest BCUT2D eigenvalue weighted by Gasteiger charge is -2.12. The van der Waals surface area contributed by atoms with Crippen LogP contribution in [0.15, 0.2) is 59.7 Å². The summed E-state index contributed by atoms with van der Waals surface area (Å²) in [5.74, 6) is 0.600. The second-order valence-corrected chi connectivity index (χ2v) is 6.17. The van der Waals surface area contributed by atoms with Crippen molar-refractivity contribution in [1.82, 2.24) is 20.1 Å². The summed E-state index contributed by atoms with van der Waals surface area (Å²) in [6.07, 6.45) is 3.92. The smallest absolute Gasteiger partial charge is 0.266 e. The van der Waals surface area contributed by atoms with E-state index in [1.165, 1.54) is 25.0 Å². The fraction of sp³-hybridized carbons (Fsp3) is 0.238. The second-order valence-electron chi connectivity index (χ2n) is 6.17. The van der Waals surface area contributed by atoms with Crippen molar-refractivity contribution in [3.63, 3.8) is 0 Å². The third-order valence-electron chi connectivity index (χ3n) is 4.30. The number of aryl methyl sites for hydroxylation is 1. The van der Waals surface area contributed by atoms with E-state index in [0.717, 1.165) is 5.56 Å². The van der Waals surface area contributed by atoms with E-state index in [-0.39, 0.29) is 11.5 Å². The van der Waals surface area contributed by atoms with Crippen LogP contribution in [0.1, 0.15) is 16.8 Å². The Balaban J connectivity index is 1.61. The molecule has 0 radical (unpaired) electrons. The highest BCUT2D eigenvalue weighted by atomic mass is 16.5. The van der Waals surface area contributed by atoms with Gasteiger partial charge < -0.3 is 14.8 Å². The van der Waals surface area contributed by atoms with Crippen LogP contribution in [0.2, 0.25) is 0 Å². The Morgan fingerprint density at radius 1 is 1.10 bits per heavy atom. The fourth-order valence-electron chi connectivity index (χ4n) is 2.87. The number of benzene rings is 1. The molecule has 3 rings (SSSR count). The van der Waals surface area contributed by atoms with Crippen molar-refractivity contribution in [1.29, 1.82) is 0 Å². The van der Waals surface area contributed by atoms with Crippen LogP contribution in [0.25, 0.3) is 11.3 Å². The molecule has 1 aromatic carbocycles. The van der Waals surface area contributed by atoms with Gasteiger partial charge in [-0.15, -0.1) is 0 Å². The van der Waals surface area contributed by atoms with Gasteiger partial charge >= 0.3 is 0 Å². The Labute approximate surface area is 168 Å². The molecule has 2 aromatic heterocycles. The highest BCUT2D eigenvalue weighted by Crippen LogP contribution is 2.30. The van der Waals surface area contributed by atoms with Gasteiger partial charge in [0.05, 0.1) is 25.5 Å². The lowest BCUT2D eigenvalue weighted by molar-refractivity contribution is 0.0949. The predicted molar refractivity (Wildman–Crippen MR) is 108 cm³/mol. The summed E-state index contributed by atoms with van der Waals surface area (Å²) < 4.78 is 11.9. The van der Waals surface area contributed by atoms with Crippen molar-refractivity contribution in [2.24, 2.45) is 0 Å². The average molecular weight is 394 g/mol. The Morgan fingerprint density at radius 3 is 2.69 bits per heavy atom. The molecule has 8 heteroatoms. The van der Waals surface area contributed by atoms with Crippen LogP contribution >= 0.6 is 0 Å². The molecule has 0 aliphatic rings. The number of aromatic nitrogens is 3. The topological polar surface area (TPSA) is 95.3 Å². The molecule has 8 nitrogen and oxygen atoms in total. The predicted octanol–water partition coefficient (Wildman–Crippen LogP) is 2.14. The van der Waals surface area contributed by atoms with Crippen LogP contribution in [0.5, 0.6) is 11.5 Å². The zero-order valence-electron chi connectivity index (χ0n) is 16.3. The Bertz CT molecular complexity index is 1030. The first-order valence-electron chi connectivity index (χ1n) is 9.12. The first kappa shape index (κ1) is 20.1. The SMILES string of the molecule is COc1cccc(C(=O)NCCCn2nc(-c3cccnc3)ccc2=O)c1OC. The number of rotatable bonds is 8. The van der Waals surface area contributed by atoms with Gasteiger partial charge in [0, 0.05) is 37.1 Å².